The molecular weight excluding hydrogens is 576 g/mol. The number of ketones is 1. The van der Waals surface area contributed by atoms with E-state index in [2.05, 4.69) is 15.6 Å². The summed E-state index contributed by atoms with van der Waals surface area (Å²) in [7, 11) is 0. The Morgan fingerprint density at radius 2 is 1.66 bits per heavy atom. The summed E-state index contributed by atoms with van der Waals surface area (Å²) < 4.78 is 0. The standard InChI is InChI=1S/C34H37ClN6O3/c35-31-30(24-13-15-25(16-14-24)32(37)43)40-33(41-31)28(39-34(44)26-11-9-21(19-36)10-12-26)18-22-5-4-8-27(17-22)38-20-29(42)23-6-2-1-3-7-23/h1-8,13-17,21,26,28,38H,9-12,18-20,36H2,(H2,37,43)(H,39,44)(H,40,41)/t21-,26-,28?. The number of benzene rings is 3. The average Bonchev–Trinajstić information content (AvgIpc) is 3.45. The molecule has 9 nitrogen and oxygen atoms in total. The second-order valence-electron chi connectivity index (χ2n) is 11.3. The monoisotopic (exact) mass is 612 g/mol. The lowest BCUT2D eigenvalue weighted by Crippen LogP contribution is -2.37. The number of halogens is 1. The minimum absolute atomic E-state index is 0.00730. The molecule has 1 heterocycles. The van der Waals surface area contributed by atoms with Crippen LogP contribution in [0.1, 0.15) is 63.8 Å². The summed E-state index contributed by atoms with van der Waals surface area (Å²) in [4.78, 5) is 45.6. The maximum atomic E-state index is 13.5. The minimum atomic E-state index is -0.519. The van der Waals surface area contributed by atoms with E-state index in [0.717, 1.165) is 36.9 Å². The van der Waals surface area contributed by atoms with Gasteiger partial charge < -0.3 is 27.1 Å². The number of nitrogens with one attached hydrogen (secondary N) is 3. The van der Waals surface area contributed by atoms with Crippen LogP contribution in [-0.4, -0.2) is 40.7 Å². The molecule has 5 rings (SSSR count). The van der Waals surface area contributed by atoms with Gasteiger partial charge in [-0.1, -0.05) is 66.2 Å². The van der Waals surface area contributed by atoms with Gasteiger partial charge in [0.1, 0.15) is 16.7 Å². The molecule has 44 heavy (non-hydrogen) atoms. The second-order valence-corrected chi connectivity index (χ2v) is 11.7. The van der Waals surface area contributed by atoms with E-state index in [-0.39, 0.29) is 24.2 Å². The summed E-state index contributed by atoms with van der Waals surface area (Å²) in [5, 5.41) is 6.78. The number of primary amides is 1. The van der Waals surface area contributed by atoms with Gasteiger partial charge in [-0.2, -0.15) is 0 Å². The third-order valence-corrected chi connectivity index (χ3v) is 8.51. The van der Waals surface area contributed by atoms with Crippen molar-refractivity contribution in [1.29, 1.82) is 0 Å². The van der Waals surface area contributed by atoms with Gasteiger partial charge in [0.15, 0.2) is 5.78 Å². The van der Waals surface area contributed by atoms with Crippen LogP contribution in [0.2, 0.25) is 5.15 Å². The number of aromatic nitrogens is 2. The van der Waals surface area contributed by atoms with Crippen molar-refractivity contribution in [2.75, 3.05) is 18.4 Å². The number of carbonyl (C=O) groups is 3. The number of anilines is 1. The lowest BCUT2D eigenvalue weighted by Gasteiger charge is -2.28. The van der Waals surface area contributed by atoms with Crippen molar-refractivity contribution in [1.82, 2.24) is 15.3 Å². The number of nitrogens with two attached hydrogens (primary N) is 2. The molecule has 0 spiro atoms. The third kappa shape index (κ3) is 7.72. The van der Waals surface area contributed by atoms with Crippen LogP contribution in [0.4, 0.5) is 5.69 Å². The van der Waals surface area contributed by atoms with E-state index in [1.165, 1.54) is 0 Å². The zero-order valence-corrected chi connectivity index (χ0v) is 25.1. The van der Waals surface area contributed by atoms with Gasteiger partial charge in [-0.05, 0) is 74.4 Å². The summed E-state index contributed by atoms with van der Waals surface area (Å²) in [6, 6.07) is 23.2. The van der Waals surface area contributed by atoms with Crippen LogP contribution in [-0.2, 0) is 11.2 Å². The summed E-state index contributed by atoms with van der Waals surface area (Å²) in [6.45, 7) is 0.803. The first-order valence-electron chi connectivity index (χ1n) is 14.9. The van der Waals surface area contributed by atoms with Gasteiger partial charge in [0.25, 0.3) is 0 Å². The predicted molar refractivity (Wildman–Crippen MR) is 172 cm³/mol. The molecular formula is C34H37ClN6O3. The number of nitrogens with zero attached hydrogens (tertiary/aromatic N) is 1. The number of rotatable bonds is 12. The Labute approximate surface area is 261 Å². The van der Waals surface area contributed by atoms with Gasteiger partial charge in [-0.15, -0.1) is 0 Å². The van der Waals surface area contributed by atoms with E-state index in [0.29, 0.717) is 52.2 Å². The highest BCUT2D eigenvalue weighted by molar-refractivity contribution is 6.31. The van der Waals surface area contributed by atoms with E-state index >= 15 is 0 Å². The Morgan fingerprint density at radius 1 is 0.932 bits per heavy atom. The summed E-state index contributed by atoms with van der Waals surface area (Å²) in [5.74, 6) is 0.343. The van der Waals surface area contributed by atoms with Crippen molar-refractivity contribution in [3.05, 3.63) is 107 Å². The maximum absolute atomic E-state index is 13.5. The number of hydrogen-bond acceptors (Lipinski definition) is 6. The number of carbonyl (C=O) groups excluding carboxylic acids is 3. The third-order valence-electron chi connectivity index (χ3n) is 8.23. The molecule has 0 saturated heterocycles. The fraction of sp³-hybridized carbons (Fsp3) is 0.294. The molecule has 1 aromatic heterocycles. The zero-order valence-electron chi connectivity index (χ0n) is 24.4. The first-order chi connectivity index (χ1) is 21.3. The largest absolute Gasteiger partial charge is 0.378 e. The van der Waals surface area contributed by atoms with Gasteiger partial charge in [0.2, 0.25) is 11.8 Å². The van der Waals surface area contributed by atoms with Crippen molar-refractivity contribution in [3.63, 3.8) is 0 Å². The van der Waals surface area contributed by atoms with E-state index in [1.54, 1.807) is 36.4 Å². The van der Waals surface area contributed by atoms with E-state index in [9.17, 15) is 14.4 Å². The van der Waals surface area contributed by atoms with Crippen molar-refractivity contribution in [2.24, 2.45) is 23.3 Å². The number of H-pyrrole nitrogens is 1. The van der Waals surface area contributed by atoms with Gasteiger partial charge in [0, 0.05) is 28.3 Å². The topological polar surface area (TPSA) is 156 Å². The van der Waals surface area contributed by atoms with Gasteiger partial charge >= 0.3 is 0 Å². The molecule has 1 fully saturated rings. The van der Waals surface area contributed by atoms with Crippen LogP contribution in [0.25, 0.3) is 11.3 Å². The maximum Gasteiger partial charge on any atom is 0.248 e. The highest BCUT2D eigenvalue weighted by Crippen LogP contribution is 2.31. The second kappa shape index (κ2) is 14.3. The fourth-order valence-corrected chi connectivity index (χ4v) is 5.88. The summed E-state index contributed by atoms with van der Waals surface area (Å²) in [6.07, 6.45) is 3.91. The van der Waals surface area contributed by atoms with E-state index < -0.39 is 11.9 Å². The smallest absolute Gasteiger partial charge is 0.248 e. The first-order valence-corrected chi connectivity index (χ1v) is 15.3. The SMILES string of the molecule is NC[C@H]1CC[C@H](C(=O)NC(Cc2cccc(NCC(=O)c3ccccc3)c2)c2nc(-c3ccc(C(N)=O)cc3)c(Cl)[nH]2)CC1. The Morgan fingerprint density at radius 3 is 2.34 bits per heavy atom. The minimum Gasteiger partial charge on any atom is -0.378 e. The summed E-state index contributed by atoms with van der Waals surface area (Å²) in [5.41, 5.74) is 15.2. The van der Waals surface area contributed by atoms with E-state index in [1.807, 2.05) is 42.5 Å². The molecule has 1 aliphatic carbocycles. The van der Waals surface area contributed by atoms with Crippen LogP contribution in [0.5, 0.6) is 0 Å². The molecule has 1 saturated carbocycles. The molecule has 7 N–H and O–H groups in total. The van der Waals surface area contributed by atoms with Gasteiger partial charge in [0.05, 0.1) is 12.6 Å². The lowest BCUT2D eigenvalue weighted by atomic mass is 9.81. The van der Waals surface area contributed by atoms with Crippen LogP contribution in [0, 0.1) is 11.8 Å². The highest BCUT2D eigenvalue weighted by Gasteiger charge is 2.29. The van der Waals surface area contributed by atoms with Gasteiger partial charge in [-0.3, -0.25) is 14.4 Å². The molecule has 1 aliphatic rings. The molecule has 228 valence electrons. The Hall–Kier alpha value is -4.47. The Balaban J connectivity index is 1.36. The number of Topliss-reactive ketones (excluding diaryl/α,β-unsaturated/α-hetero) is 1. The molecule has 0 radical (unpaired) electrons. The van der Waals surface area contributed by atoms with Gasteiger partial charge in [-0.25, -0.2) is 4.98 Å². The quantitative estimate of drug-likeness (QED) is 0.137. The predicted octanol–water partition coefficient (Wildman–Crippen LogP) is 5.29. The average molecular weight is 613 g/mol. The van der Waals surface area contributed by atoms with Crippen molar-refractivity contribution in [2.45, 2.75) is 38.1 Å². The molecule has 1 atom stereocenters. The van der Waals surface area contributed by atoms with Crippen LogP contribution < -0.4 is 22.1 Å². The van der Waals surface area contributed by atoms with Crippen LogP contribution in [0.15, 0.2) is 78.9 Å². The first kappa shape index (κ1) is 31.0. The van der Waals surface area contributed by atoms with Crippen molar-refractivity contribution < 1.29 is 14.4 Å². The number of imidazole rings is 1. The van der Waals surface area contributed by atoms with Crippen LogP contribution >= 0.6 is 11.6 Å². The van der Waals surface area contributed by atoms with Crippen molar-refractivity contribution >= 4 is 34.9 Å². The molecule has 0 aliphatic heterocycles. The van der Waals surface area contributed by atoms with Crippen LogP contribution in [0.3, 0.4) is 0 Å². The normalized spacial score (nSPS) is 17.0. The molecule has 2 amide bonds. The number of aromatic amines is 1. The molecule has 1 unspecified atom stereocenters. The highest BCUT2D eigenvalue weighted by atomic mass is 35.5. The van der Waals surface area contributed by atoms with Crippen molar-refractivity contribution in [3.8, 4) is 11.3 Å². The molecule has 10 heteroatoms. The number of amides is 2. The number of hydrogen-bond donors (Lipinski definition) is 5. The molecule has 0 bridgehead atoms. The molecule has 4 aromatic rings. The summed E-state index contributed by atoms with van der Waals surface area (Å²) >= 11 is 6.62. The van der Waals surface area contributed by atoms with E-state index in [4.69, 9.17) is 28.1 Å². The lowest BCUT2D eigenvalue weighted by molar-refractivity contribution is -0.127. The fourth-order valence-electron chi connectivity index (χ4n) is 5.64. The molecule has 3 aromatic carbocycles. The Bertz CT molecular complexity index is 1600. The zero-order chi connectivity index (χ0) is 31.1. The Kier molecular flexibility index (Phi) is 10.1.